The monoisotopic (exact) mass is 245 g/mol. The fourth-order valence-electron chi connectivity index (χ4n) is 0.969. The van der Waals surface area contributed by atoms with Crippen molar-refractivity contribution >= 4 is 23.4 Å². The Balaban J connectivity index is 2.56. The zero-order valence-electron chi connectivity index (χ0n) is 8.51. The highest BCUT2D eigenvalue weighted by Crippen LogP contribution is 2.10. The molecule has 1 amide bonds. The molecule has 0 bridgehead atoms. The second-order valence-electron chi connectivity index (χ2n) is 2.97. The fraction of sp³-hybridized carbons (Fsp3) is 0.500. The van der Waals surface area contributed by atoms with Crippen LogP contribution in [-0.2, 0) is 11.2 Å². The van der Waals surface area contributed by atoms with E-state index in [9.17, 15) is 9.59 Å². The topological polar surface area (TPSA) is 112 Å². The minimum Gasteiger partial charge on any atom is -0.479 e. The molecule has 1 aromatic rings. The molecule has 0 saturated carbocycles. The third-order valence-electron chi connectivity index (χ3n) is 1.84. The van der Waals surface area contributed by atoms with Crippen LogP contribution in [0.2, 0.25) is 0 Å². The standard InChI is InChI=1S/C8H11N3O4S/c1-2-4-6(16-11-10-4)7(13)9-3-5(12)8(14)15/h5,12H,2-3H2,1H3,(H,9,13)(H,14,15). The maximum absolute atomic E-state index is 11.5. The van der Waals surface area contributed by atoms with Crippen molar-refractivity contribution in [2.75, 3.05) is 6.54 Å². The van der Waals surface area contributed by atoms with E-state index in [1.54, 1.807) is 0 Å². The van der Waals surface area contributed by atoms with Gasteiger partial charge in [-0.2, -0.15) is 0 Å². The van der Waals surface area contributed by atoms with Gasteiger partial charge in [0.05, 0.1) is 12.2 Å². The van der Waals surface area contributed by atoms with E-state index in [1.165, 1.54) is 0 Å². The maximum atomic E-state index is 11.5. The zero-order valence-corrected chi connectivity index (χ0v) is 9.32. The number of nitrogens with zero attached hydrogens (tertiary/aromatic N) is 2. The molecule has 3 N–H and O–H groups in total. The van der Waals surface area contributed by atoms with Crippen molar-refractivity contribution in [3.63, 3.8) is 0 Å². The van der Waals surface area contributed by atoms with Gasteiger partial charge in [0.25, 0.3) is 5.91 Å². The molecule has 0 spiro atoms. The lowest BCUT2D eigenvalue weighted by Crippen LogP contribution is -2.36. The average Bonchev–Trinajstić information content (AvgIpc) is 2.73. The molecule has 0 radical (unpaired) electrons. The molecule has 1 atom stereocenters. The molecule has 1 rings (SSSR count). The summed E-state index contributed by atoms with van der Waals surface area (Å²) in [5.41, 5.74) is 0.562. The lowest BCUT2D eigenvalue weighted by Gasteiger charge is -2.06. The van der Waals surface area contributed by atoms with Crippen LogP contribution in [0.15, 0.2) is 0 Å². The number of carbonyl (C=O) groups is 2. The van der Waals surface area contributed by atoms with Crippen LogP contribution < -0.4 is 5.32 Å². The molecule has 0 saturated heterocycles. The number of rotatable bonds is 5. The van der Waals surface area contributed by atoms with Gasteiger partial charge < -0.3 is 15.5 Å². The van der Waals surface area contributed by atoms with Gasteiger partial charge in [0, 0.05) is 0 Å². The number of aliphatic hydroxyl groups is 1. The van der Waals surface area contributed by atoms with Gasteiger partial charge in [0.15, 0.2) is 6.10 Å². The van der Waals surface area contributed by atoms with Crippen LogP contribution in [0.25, 0.3) is 0 Å². The van der Waals surface area contributed by atoms with E-state index in [1.807, 2.05) is 6.92 Å². The molecule has 0 aromatic carbocycles. The van der Waals surface area contributed by atoms with Crippen molar-refractivity contribution in [3.05, 3.63) is 10.6 Å². The first-order chi connectivity index (χ1) is 7.56. The second-order valence-corrected chi connectivity index (χ2v) is 3.72. The van der Waals surface area contributed by atoms with Crippen molar-refractivity contribution in [1.82, 2.24) is 14.9 Å². The minimum atomic E-state index is -1.60. The predicted molar refractivity (Wildman–Crippen MR) is 55.3 cm³/mol. The summed E-state index contributed by atoms with van der Waals surface area (Å²) in [7, 11) is 0. The zero-order chi connectivity index (χ0) is 12.1. The smallest absolute Gasteiger partial charge is 0.334 e. The summed E-state index contributed by atoms with van der Waals surface area (Å²) in [6.45, 7) is 1.49. The molecular weight excluding hydrogens is 234 g/mol. The van der Waals surface area contributed by atoms with Crippen molar-refractivity contribution in [1.29, 1.82) is 0 Å². The first kappa shape index (κ1) is 12.5. The number of carboxylic acid groups (broad SMARTS) is 1. The number of aliphatic hydroxyl groups excluding tert-OH is 1. The number of aromatic nitrogens is 2. The minimum absolute atomic E-state index is 0.338. The molecule has 0 aliphatic rings. The molecule has 8 heteroatoms. The highest BCUT2D eigenvalue weighted by atomic mass is 32.1. The SMILES string of the molecule is CCc1nnsc1C(=O)NCC(O)C(=O)O. The molecule has 1 unspecified atom stereocenters. The number of hydrogen-bond acceptors (Lipinski definition) is 6. The van der Waals surface area contributed by atoms with Crippen LogP contribution in [0.4, 0.5) is 0 Å². The summed E-state index contributed by atoms with van der Waals surface area (Å²) in [4.78, 5) is 22.2. The van der Waals surface area contributed by atoms with Crippen molar-refractivity contribution < 1.29 is 19.8 Å². The highest BCUT2D eigenvalue weighted by molar-refractivity contribution is 7.08. The summed E-state index contributed by atoms with van der Waals surface area (Å²) in [5.74, 6) is -1.84. The Morgan fingerprint density at radius 3 is 2.81 bits per heavy atom. The van der Waals surface area contributed by atoms with Gasteiger partial charge in [-0.25, -0.2) is 4.79 Å². The van der Waals surface area contributed by atoms with Gasteiger partial charge in [-0.05, 0) is 18.0 Å². The van der Waals surface area contributed by atoms with Crippen LogP contribution >= 0.6 is 11.5 Å². The van der Waals surface area contributed by atoms with E-state index < -0.39 is 18.0 Å². The summed E-state index contributed by atoms with van der Waals surface area (Å²) < 4.78 is 3.63. The van der Waals surface area contributed by atoms with E-state index in [2.05, 4.69) is 14.9 Å². The molecule has 0 fully saturated rings. The fourth-order valence-corrected chi connectivity index (χ4v) is 1.64. The first-order valence-electron chi connectivity index (χ1n) is 4.56. The van der Waals surface area contributed by atoms with Gasteiger partial charge >= 0.3 is 5.97 Å². The third-order valence-corrected chi connectivity index (χ3v) is 2.60. The molecular formula is C8H11N3O4S. The summed E-state index contributed by atoms with van der Waals surface area (Å²) in [6.07, 6.45) is -1.03. The van der Waals surface area contributed by atoms with E-state index >= 15 is 0 Å². The Bertz CT molecular complexity index is 392. The van der Waals surface area contributed by atoms with E-state index in [4.69, 9.17) is 10.2 Å². The van der Waals surface area contributed by atoms with Crippen molar-refractivity contribution in [3.8, 4) is 0 Å². The van der Waals surface area contributed by atoms with Gasteiger partial charge in [-0.3, -0.25) is 4.79 Å². The van der Waals surface area contributed by atoms with Gasteiger partial charge in [-0.15, -0.1) is 5.10 Å². The van der Waals surface area contributed by atoms with Crippen molar-refractivity contribution in [2.45, 2.75) is 19.4 Å². The van der Waals surface area contributed by atoms with Crippen LogP contribution in [0.3, 0.4) is 0 Å². The molecule has 0 aliphatic heterocycles. The summed E-state index contributed by atoms with van der Waals surface area (Å²) in [5, 5.41) is 23.4. The lowest BCUT2D eigenvalue weighted by molar-refractivity contribution is -0.146. The highest BCUT2D eigenvalue weighted by Gasteiger charge is 2.18. The first-order valence-corrected chi connectivity index (χ1v) is 5.33. The molecule has 1 heterocycles. The molecule has 7 nitrogen and oxygen atoms in total. The number of amides is 1. The largest absolute Gasteiger partial charge is 0.479 e. The normalized spacial score (nSPS) is 12.1. The molecule has 1 aromatic heterocycles. The van der Waals surface area contributed by atoms with Crippen LogP contribution in [0, 0.1) is 0 Å². The van der Waals surface area contributed by atoms with Gasteiger partial charge in [0.2, 0.25) is 0 Å². The van der Waals surface area contributed by atoms with Crippen molar-refractivity contribution in [2.24, 2.45) is 0 Å². The Kier molecular flexibility index (Phi) is 4.32. The number of nitrogens with one attached hydrogen (secondary N) is 1. The Morgan fingerprint density at radius 1 is 1.56 bits per heavy atom. The quantitative estimate of drug-likeness (QED) is 0.630. The van der Waals surface area contributed by atoms with Gasteiger partial charge in [-0.1, -0.05) is 11.4 Å². The summed E-state index contributed by atoms with van der Waals surface area (Å²) >= 11 is 0.940. The number of carbonyl (C=O) groups excluding carboxylic acids is 1. The Morgan fingerprint density at radius 2 is 2.25 bits per heavy atom. The van der Waals surface area contributed by atoms with Crippen LogP contribution in [0.5, 0.6) is 0 Å². The van der Waals surface area contributed by atoms with Crippen LogP contribution in [0.1, 0.15) is 22.3 Å². The van der Waals surface area contributed by atoms with E-state index in [0.29, 0.717) is 17.0 Å². The summed E-state index contributed by atoms with van der Waals surface area (Å²) in [6, 6.07) is 0. The number of aliphatic carboxylic acids is 1. The molecule has 88 valence electrons. The number of aryl methyl sites for hydroxylation is 1. The predicted octanol–water partition coefficient (Wildman–Crippen LogP) is -0.724. The maximum Gasteiger partial charge on any atom is 0.334 e. The third kappa shape index (κ3) is 2.97. The second kappa shape index (κ2) is 5.52. The Labute approximate surface area is 95.3 Å². The van der Waals surface area contributed by atoms with Crippen LogP contribution in [-0.4, -0.2) is 44.3 Å². The number of carboxylic acids is 1. The number of hydrogen-bond donors (Lipinski definition) is 3. The van der Waals surface area contributed by atoms with E-state index in [-0.39, 0.29) is 6.54 Å². The average molecular weight is 245 g/mol. The molecule has 16 heavy (non-hydrogen) atoms. The van der Waals surface area contributed by atoms with Gasteiger partial charge in [0.1, 0.15) is 4.88 Å². The Hall–Kier alpha value is -1.54. The lowest BCUT2D eigenvalue weighted by atomic mass is 10.3. The van der Waals surface area contributed by atoms with E-state index in [0.717, 1.165) is 11.5 Å². The molecule has 0 aliphatic carbocycles.